The van der Waals surface area contributed by atoms with Crippen molar-refractivity contribution in [3.63, 3.8) is 0 Å². The molecule has 0 spiro atoms. The number of aryl methyl sites for hydroxylation is 2. The fraction of sp³-hybridized carbons (Fsp3) is 0.647. The van der Waals surface area contributed by atoms with Crippen LogP contribution in [-0.2, 0) is 6.42 Å². The van der Waals surface area contributed by atoms with E-state index in [-0.39, 0.29) is 0 Å². The average Bonchev–Trinajstić information content (AvgIpc) is 2.39. The van der Waals surface area contributed by atoms with Gasteiger partial charge in [-0.05, 0) is 63.7 Å². The van der Waals surface area contributed by atoms with Crippen LogP contribution in [0.1, 0.15) is 44.7 Å². The molecule has 19 heavy (non-hydrogen) atoms. The lowest BCUT2D eigenvalue weighted by atomic mass is 9.97. The number of ether oxygens (including phenoxy) is 1. The third kappa shape index (κ3) is 6.11. The molecular weight excluding hydrogens is 234 g/mol. The fourth-order valence-electron chi connectivity index (χ4n) is 2.27. The lowest BCUT2D eigenvalue weighted by Crippen LogP contribution is -2.16. The highest BCUT2D eigenvalue weighted by Crippen LogP contribution is 2.23. The normalized spacial score (nSPS) is 12.4. The third-order valence-corrected chi connectivity index (χ3v) is 3.49. The summed E-state index contributed by atoms with van der Waals surface area (Å²) >= 11 is 0. The molecule has 0 amide bonds. The van der Waals surface area contributed by atoms with E-state index in [0.717, 1.165) is 37.8 Å². The van der Waals surface area contributed by atoms with E-state index in [1.807, 2.05) is 6.92 Å². The van der Waals surface area contributed by atoms with Crippen LogP contribution in [0.25, 0.3) is 0 Å². The Kier molecular flexibility index (Phi) is 7.57. The Morgan fingerprint density at radius 1 is 1.21 bits per heavy atom. The maximum atomic E-state index is 5.71. The topological polar surface area (TPSA) is 21.3 Å². The molecule has 1 aromatic carbocycles. The van der Waals surface area contributed by atoms with Crippen LogP contribution in [0.4, 0.5) is 0 Å². The highest BCUT2D eigenvalue weighted by atomic mass is 16.5. The van der Waals surface area contributed by atoms with Gasteiger partial charge in [-0.2, -0.15) is 0 Å². The van der Waals surface area contributed by atoms with E-state index >= 15 is 0 Å². The van der Waals surface area contributed by atoms with Gasteiger partial charge in [-0.15, -0.1) is 0 Å². The van der Waals surface area contributed by atoms with Gasteiger partial charge in [-0.1, -0.05) is 31.5 Å². The second-order valence-electron chi connectivity index (χ2n) is 5.33. The van der Waals surface area contributed by atoms with Crippen LogP contribution in [-0.4, -0.2) is 19.7 Å². The van der Waals surface area contributed by atoms with E-state index < -0.39 is 0 Å². The molecule has 2 heteroatoms. The molecule has 1 unspecified atom stereocenters. The molecule has 0 bridgehead atoms. The quantitative estimate of drug-likeness (QED) is 0.681. The molecule has 2 nitrogen and oxygen atoms in total. The third-order valence-electron chi connectivity index (χ3n) is 3.49. The van der Waals surface area contributed by atoms with Gasteiger partial charge in [-0.3, -0.25) is 0 Å². The smallest absolute Gasteiger partial charge is 0.122 e. The fourth-order valence-corrected chi connectivity index (χ4v) is 2.27. The van der Waals surface area contributed by atoms with Crippen LogP contribution in [0.2, 0.25) is 0 Å². The van der Waals surface area contributed by atoms with Crippen LogP contribution in [0, 0.1) is 12.8 Å². The van der Waals surface area contributed by atoms with Gasteiger partial charge in [0, 0.05) is 0 Å². The van der Waals surface area contributed by atoms with E-state index in [4.69, 9.17) is 4.74 Å². The zero-order valence-electron chi connectivity index (χ0n) is 13.0. The first-order chi connectivity index (χ1) is 9.17. The molecule has 0 aromatic heterocycles. The molecule has 0 saturated heterocycles. The summed E-state index contributed by atoms with van der Waals surface area (Å²) in [7, 11) is 0. The van der Waals surface area contributed by atoms with Crippen LogP contribution in [0.15, 0.2) is 18.2 Å². The summed E-state index contributed by atoms with van der Waals surface area (Å²) in [4.78, 5) is 0. The van der Waals surface area contributed by atoms with E-state index in [0.29, 0.717) is 0 Å². The summed E-state index contributed by atoms with van der Waals surface area (Å²) in [5.41, 5.74) is 2.68. The Morgan fingerprint density at radius 2 is 2.00 bits per heavy atom. The van der Waals surface area contributed by atoms with E-state index in [1.165, 1.54) is 24.0 Å². The van der Waals surface area contributed by atoms with Crippen molar-refractivity contribution in [2.45, 2.75) is 47.0 Å². The summed E-state index contributed by atoms with van der Waals surface area (Å²) < 4.78 is 5.71. The monoisotopic (exact) mass is 263 g/mol. The minimum atomic E-state index is 0.742. The molecule has 0 radical (unpaired) electrons. The molecule has 1 atom stereocenters. The number of hydrogen-bond donors (Lipinski definition) is 1. The molecule has 0 heterocycles. The Morgan fingerprint density at radius 3 is 2.68 bits per heavy atom. The van der Waals surface area contributed by atoms with Gasteiger partial charge in [0.15, 0.2) is 0 Å². The molecule has 0 aliphatic heterocycles. The lowest BCUT2D eigenvalue weighted by molar-refractivity contribution is 0.335. The molecule has 0 aliphatic carbocycles. The van der Waals surface area contributed by atoms with Crippen molar-refractivity contribution < 1.29 is 4.74 Å². The Labute approximate surface area is 118 Å². The lowest BCUT2D eigenvalue weighted by Gasteiger charge is -2.14. The van der Waals surface area contributed by atoms with Gasteiger partial charge in [0.1, 0.15) is 5.75 Å². The second-order valence-corrected chi connectivity index (χ2v) is 5.33. The number of hydrogen-bond acceptors (Lipinski definition) is 2. The molecular formula is C17H29NO. The molecule has 108 valence electrons. The van der Waals surface area contributed by atoms with Crippen molar-refractivity contribution in [2.24, 2.45) is 5.92 Å². The van der Waals surface area contributed by atoms with Crippen molar-refractivity contribution >= 4 is 0 Å². The van der Waals surface area contributed by atoms with E-state index in [9.17, 15) is 0 Å². The molecule has 0 fully saturated rings. The molecule has 0 aliphatic rings. The summed E-state index contributed by atoms with van der Waals surface area (Å²) in [6, 6.07) is 6.50. The van der Waals surface area contributed by atoms with Crippen LogP contribution in [0.5, 0.6) is 5.75 Å². The Bertz CT molecular complexity index is 362. The van der Waals surface area contributed by atoms with Crippen LogP contribution in [0.3, 0.4) is 0 Å². The average molecular weight is 263 g/mol. The maximum Gasteiger partial charge on any atom is 0.122 e. The minimum absolute atomic E-state index is 0.742. The van der Waals surface area contributed by atoms with Crippen LogP contribution < -0.4 is 10.1 Å². The predicted molar refractivity (Wildman–Crippen MR) is 83.0 cm³/mol. The van der Waals surface area contributed by atoms with Crippen molar-refractivity contribution in [3.8, 4) is 5.75 Å². The maximum absolute atomic E-state index is 5.71. The highest BCUT2D eigenvalue weighted by molar-refractivity contribution is 5.37. The van der Waals surface area contributed by atoms with Gasteiger partial charge in [-0.25, -0.2) is 0 Å². The standard InChI is InChI=1S/C17H29NO/c1-5-18-12-11-14(3)7-9-16-13-15(4)8-10-17(16)19-6-2/h8,10,13-14,18H,5-7,9,11-12H2,1-4H3. The zero-order chi connectivity index (χ0) is 14.1. The first-order valence-electron chi connectivity index (χ1n) is 7.60. The van der Waals surface area contributed by atoms with Crippen molar-refractivity contribution in [3.05, 3.63) is 29.3 Å². The van der Waals surface area contributed by atoms with Gasteiger partial charge < -0.3 is 10.1 Å². The predicted octanol–water partition coefficient (Wildman–Crippen LogP) is 3.96. The van der Waals surface area contributed by atoms with Crippen molar-refractivity contribution in [1.82, 2.24) is 5.32 Å². The first kappa shape index (κ1) is 16.0. The number of rotatable bonds is 9. The van der Waals surface area contributed by atoms with Crippen molar-refractivity contribution in [1.29, 1.82) is 0 Å². The largest absolute Gasteiger partial charge is 0.494 e. The Hall–Kier alpha value is -1.02. The number of nitrogens with one attached hydrogen (secondary N) is 1. The van der Waals surface area contributed by atoms with Gasteiger partial charge in [0.05, 0.1) is 6.61 Å². The summed E-state index contributed by atoms with van der Waals surface area (Å²) in [6.07, 6.45) is 3.60. The molecule has 0 saturated carbocycles. The second kappa shape index (κ2) is 8.98. The van der Waals surface area contributed by atoms with Gasteiger partial charge in [0.25, 0.3) is 0 Å². The van der Waals surface area contributed by atoms with Crippen LogP contribution >= 0.6 is 0 Å². The summed E-state index contributed by atoms with van der Waals surface area (Å²) in [6.45, 7) is 11.6. The molecule has 1 rings (SSSR count). The highest BCUT2D eigenvalue weighted by Gasteiger charge is 2.07. The van der Waals surface area contributed by atoms with Gasteiger partial charge in [0.2, 0.25) is 0 Å². The first-order valence-corrected chi connectivity index (χ1v) is 7.60. The molecule has 1 N–H and O–H groups in total. The van der Waals surface area contributed by atoms with E-state index in [2.05, 4.69) is 44.3 Å². The molecule has 1 aromatic rings. The SMILES string of the molecule is CCNCCC(C)CCc1cc(C)ccc1OCC. The summed E-state index contributed by atoms with van der Waals surface area (Å²) in [5.74, 6) is 1.82. The minimum Gasteiger partial charge on any atom is -0.494 e. The van der Waals surface area contributed by atoms with E-state index in [1.54, 1.807) is 0 Å². The summed E-state index contributed by atoms with van der Waals surface area (Å²) in [5, 5.41) is 3.39. The Balaban J connectivity index is 2.48. The van der Waals surface area contributed by atoms with Gasteiger partial charge >= 0.3 is 0 Å². The van der Waals surface area contributed by atoms with Crippen molar-refractivity contribution in [2.75, 3.05) is 19.7 Å². The zero-order valence-corrected chi connectivity index (χ0v) is 13.0. The number of benzene rings is 1.